The number of benzene rings is 1. The van der Waals surface area contributed by atoms with E-state index in [2.05, 4.69) is 44.8 Å². The number of hydrogen-bond acceptors (Lipinski definition) is 3. The molecule has 0 radical (unpaired) electrons. The van der Waals surface area contributed by atoms with E-state index in [9.17, 15) is 0 Å². The van der Waals surface area contributed by atoms with Crippen LogP contribution in [0.3, 0.4) is 0 Å². The average molecular weight is 284 g/mol. The lowest BCUT2D eigenvalue weighted by Gasteiger charge is -2.20. The molecule has 0 saturated carbocycles. The van der Waals surface area contributed by atoms with Crippen molar-refractivity contribution in [1.82, 2.24) is 4.98 Å². The fourth-order valence-corrected chi connectivity index (χ4v) is 2.14. The van der Waals surface area contributed by atoms with Crippen LogP contribution in [0.25, 0.3) is 0 Å². The fourth-order valence-electron chi connectivity index (χ4n) is 2.14. The van der Waals surface area contributed by atoms with Gasteiger partial charge in [-0.05, 0) is 37.1 Å². The summed E-state index contributed by atoms with van der Waals surface area (Å²) in [5.74, 6) is 1.44. The van der Waals surface area contributed by atoms with Gasteiger partial charge in [0, 0.05) is 18.0 Å². The van der Waals surface area contributed by atoms with Crippen molar-refractivity contribution in [1.29, 1.82) is 0 Å². The van der Waals surface area contributed by atoms with Crippen molar-refractivity contribution in [3.63, 3.8) is 0 Å². The van der Waals surface area contributed by atoms with Crippen LogP contribution in [-0.4, -0.2) is 4.98 Å². The van der Waals surface area contributed by atoms with Crippen LogP contribution in [0.4, 0.5) is 0 Å². The van der Waals surface area contributed by atoms with Gasteiger partial charge in [-0.25, -0.2) is 4.98 Å². The lowest BCUT2D eigenvalue weighted by molar-refractivity contribution is 0.447. The minimum Gasteiger partial charge on any atom is -0.439 e. The highest BCUT2D eigenvalue weighted by molar-refractivity contribution is 5.39. The summed E-state index contributed by atoms with van der Waals surface area (Å²) in [7, 11) is 0. The van der Waals surface area contributed by atoms with Crippen molar-refractivity contribution >= 4 is 0 Å². The van der Waals surface area contributed by atoms with Crippen LogP contribution in [0.15, 0.2) is 30.3 Å². The topological polar surface area (TPSA) is 48.1 Å². The summed E-state index contributed by atoms with van der Waals surface area (Å²) in [6, 6.07) is 10.1. The summed E-state index contributed by atoms with van der Waals surface area (Å²) >= 11 is 0. The van der Waals surface area contributed by atoms with Crippen LogP contribution < -0.4 is 10.5 Å². The quantitative estimate of drug-likeness (QED) is 0.916. The van der Waals surface area contributed by atoms with Crippen LogP contribution >= 0.6 is 0 Å². The van der Waals surface area contributed by atoms with Crippen LogP contribution in [0, 0.1) is 13.8 Å². The summed E-state index contributed by atoms with van der Waals surface area (Å²) in [4.78, 5) is 4.63. The van der Waals surface area contributed by atoms with Crippen molar-refractivity contribution in [2.75, 3.05) is 0 Å². The molecule has 2 N–H and O–H groups in total. The monoisotopic (exact) mass is 284 g/mol. The van der Waals surface area contributed by atoms with Gasteiger partial charge in [-0.3, -0.25) is 0 Å². The zero-order chi connectivity index (χ0) is 15.6. The minimum absolute atomic E-state index is 0.0361. The smallest absolute Gasteiger partial charge is 0.219 e. The first kappa shape index (κ1) is 15.5. The molecule has 0 aliphatic rings. The molecule has 21 heavy (non-hydrogen) atoms. The number of nitrogens with two attached hydrogens (primary N) is 1. The van der Waals surface area contributed by atoms with Gasteiger partial charge in [0.25, 0.3) is 0 Å². The van der Waals surface area contributed by atoms with Gasteiger partial charge in [-0.2, -0.15) is 0 Å². The first-order valence-corrected chi connectivity index (χ1v) is 7.26. The van der Waals surface area contributed by atoms with E-state index in [-0.39, 0.29) is 5.41 Å². The second kappa shape index (κ2) is 5.86. The van der Waals surface area contributed by atoms with Gasteiger partial charge < -0.3 is 10.5 Å². The molecule has 1 heterocycles. The highest BCUT2D eigenvalue weighted by Gasteiger charge is 2.17. The molecule has 0 fully saturated rings. The first-order chi connectivity index (χ1) is 9.79. The molecule has 3 nitrogen and oxygen atoms in total. The molecule has 112 valence electrons. The van der Waals surface area contributed by atoms with Gasteiger partial charge in [0.1, 0.15) is 5.75 Å². The van der Waals surface area contributed by atoms with E-state index in [4.69, 9.17) is 10.5 Å². The Hall–Kier alpha value is -1.87. The molecule has 0 saturated heterocycles. The summed E-state index contributed by atoms with van der Waals surface area (Å²) in [5.41, 5.74) is 10.1. The predicted molar refractivity (Wildman–Crippen MR) is 86.8 cm³/mol. The van der Waals surface area contributed by atoms with Crippen molar-refractivity contribution in [2.45, 2.75) is 46.6 Å². The molecule has 0 spiro atoms. The zero-order valence-electron chi connectivity index (χ0n) is 13.5. The lowest BCUT2D eigenvalue weighted by atomic mass is 9.91. The Morgan fingerprint density at radius 2 is 1.81 bits per heavy atom. The van der Waals surface area contributed by atoms with Gasteiger partial charge in [0.15, 0.2) is 0 Å². The largest absolute Gasteiger partial charge is 0.439 e. The molecule has 0 bridgehead atoms. The number of ether oxygens (including phenoxy) is 1. The molecular formula is C18H24N2O. The zero-order valence-corrected chi connectivity index (χ0v) is 13.5. The molecule has 0 aliphatic carbocycles. The Kier molecular flexibility index (Phi) is 4.33. The fraction of sp³-hybridized carbons (Fsp3) is 0.389. The van der Waals surface area contributed by atoms with Crippen LogP contribution in [-0.2, 0) is 12.0 Å². The summed E-state index contributed by atoms with van der Waals surface area (Å²) in [5, 5.41) is 0. The molecule has 2 aromatic rings. The van der Waals surface area contributed by atoms with E-state index >= 15 is 0 Å². The standard InChI is InChI=1S/C18H24N2O/c1-12-6-7-15(13(2)8-12)21-17-10-14(11-19)9-16(20-17)18(3,4)5/h6-10H,11,19H2,1-5H3. The highest BCUT2D eigenvalue weighted by atomic mass is 16.5. The Labute approximate surface area is 127 Å². The summed E-state index contributed by atoms with van der Waals surface area (Å²) < 4.78 is 5.98. The van der Waals surface area contributed by atoms with E-state index < -0.39 is 0 Å². The van der Waals surface area contributed by atoms with Crippen LogP contribution in [0.5, 0.6) is 11.6 Å². The SMILES string of the molecule is Cc1ccc(Oc2cc(CN)cc(C(C)(C)C)n2)c(C)c1. The van der Waals surface area contributed by atoms with E-state index in [1.54, 1.807) is 0 Å². The average Bonchev–Trinajstić information content (AvgIpc) is 2.40. The van der Waals surface area contributed by atoms with Gasteiger partial charge in [-0.1, -0.05) is 38.5 Å². The molecular weight excluding hydrogens is 260 g/mol. The third-order valence-electron chi connectivity index (χ3n) is 3.41. The number of pyridine rings is 1. The van der Waals surface area contributed by atoms with Crippen molar-refractivity contribution in [3.8, 4) is 11.6 Å². The normalized spacial score (nSPS) is 11.5. The first-order valence-electron chi connectivity index (χ1n) is 7.26. The van der Waals surface area contributed by atoms with E-state index in [1.807, 2.05) is 25.1 Å². The Morgan fingerprint density at radius 1 is 1.10 bits per heavy atom. The number of rotatable bonds is 3. The van der Waals surface area contributed by atoms with E-state index in [0.717, 1.165) is 22.6 Å². The minimum atomic E-state index is -0.0361. The maximum Gasteiger partial charge on any atom is 0.219 e. The number of aryl methyl sites for hydroxylation is 2. The number of hydrogen-bond donors (Lipinski definition) is 1. The van der Waals surface area contributed by atoms with Crippen LogP contribution in [0.2, 0.25) is 0 Å². The second-order valence-electron chi connectivity index (χ2n) is 6.52. The second-order valence-corrected chi connectivity index (χ2v) is 6.52. The molecule has 1 aromatic carbocycles. The maximum atomic E-state index is 5.98. The summed E-state index contributed by atoms with van der Waals surface area (Å²) in [6.45, 7) is 11.0. The van der Waals surface area contributed by atoms with Gasteiger partial charge >= 0.3 is 0 Å². The Balaban J connectivity index is 2.39. The number of nitrogens with zero attached hydrogens (tertiary/aromatic N) is 1. The Bertz CT molecular complexity index is 642. The molecule has 0 unspecified atom stereocenters. The molecule has 0 aliphatic heterocycles. The van der Waals surface area contributed by atoms with Crippen molar-refractivity contribution in [3.05, 3.63) is 52.7 Å². The lowest BCUT2D eigenvalue weighted by Crippen LogP contribution is -2.15. The van der Waals surface area contributed by atoms with Crippen molar-refractivity contribution in [2.24, 2.45) is 5.73 Å². The van der Waals surface area contributed by atoms with E-state index in [0.29, 0.717) is 12.4 Å². The molecule has 1 aromatic heterocycles. The maximum absolute atomic E-state index is 5.98. The third-order valence-corrected chi connectivity index (χ3v) is 3.41. The molecule has 3 heteroatoms. The van der Waals surface area contributed by atoms with Gasteiger partial charge in [-0.15, -0.1) is 0 Å². The van der Waals surface area contributed by atoms with E-state index in [1.165, 1.54) is 5.56 Å². The van der Waals surface area contributed by atoms with Crippen LogP contribution in [0.1, 0.15) is 43.2 Å². The Morgan fingerprint density at radius 3 is 2.38 bits per heavy atom. The third kappa shape index (κ3) is 3.82. The predicted octanol–water partition coefficient (Wildman–Crippen LogP) is 4.25. The van der Waals surface area contributed by atoms with Gasteiger partial charge in [0.2, 0.25) is 5.88 Å². The van der Waals surface area contributed by atoms with Crippen molar-refractivity contribution < 1.29 is 4.74 Å². The number of aromatic nitrogens is 1. The highest BCUT2D eigenvalue weighted by Crippen LogP contribution is 2.28. The molecule has 0 amide bonds. The summed E-state index contributed by atoms with van der Waals surface area (Å²) in [6.07, 6.45) is 0. The molecule has 0 atom stereocenters. The van der Waals surface area contributed by atoms with Gasteiger partial charge in [0.05, 0.1) is 5.69 Å². The molecule has 2 rings (SSSR count).